The summed E-state index contributed by atoms with van der Waals surface area (Å²) >= 11 is 0. The van der Waals surface area contributed by atoms with Crippen LogP contribution in [0.5, 0.6) is 0 Å². The summed E-state index contributed by atoms with van der Waals surface area (Å²) in [5, 5.41) is 7.00. The third-order valence-corrected chi connectivity index (χ3v) is 1.21. The second-order valence-corrected chi connectivity index (χ2v) is 2.58. The molecule has 2 nitrogen and oxygen atoms in total. The number of hydrogen-bond acceptors (Lipinski definition) is 1. The summed E-state index contributed by atoms with van der Waals surface area (Å²) in [7, 11) is 1.36. The fourth-order valence-electron chi connectivity index (χ4n) is 0.795. The van der Waals surface area contributed by atoms with Crippen molar-refractivity contribution in [2.24, 2.45) is 0 Å². The first-order valence-corrected chi connectivity index (χ1v) is 3.18. The van der Waals surface area contributed by atoms with Gasteiger partial charge >= 0.3 is 56.5 Å². The molecule has 0 bridgehead atoms. The molecule has 3 heteroatoms. The van der Waals surface area contributed by atoms with Gasteiger partial charge in [-0.1, -0.05) is 0 Å². The van der Waals surface area contributed by atoms with Crippen molar-refractivity contribution in [1.82, 2.24) is 0 Å². The zero-order chi connectivity index (χ0) is 7.44. The van der Waals surface area contributed by atoms with Crippen LogP contribution in [-0.4, -0.2) is 23.4 Å². The molecule has 50 valence electrons. The van der Waals surface area contributed by atoms with Crippen molar-refractivity contribution in [3.8, 4) is 0 Å². The van der Waals surface area contributed by atoms with Crippen LogP contribution >= 0.6 is 0 Å². The van der Waals surface area contributed by atoms with E-state index in [1.54, 1.807) is 0 Å². The van der Waals surface area contributed by atoms with Gasteiger partial charge in [-0.2, -0.15) is 0 Å². The van der Waals surface area contributed by atoms with E-state index in [1.165, 1.54) is 12.9 Å². The van der Waals surface area contributed by atoms with Crippen molar-refractivity contribution in [3.63, 3.8) is 0 Å². The van der Waals surface area contributed by atoms with Gasteiger partial charge in [0.2, 0.25) is 0 Å². The number of nitrogens with zero attached hydrogens (tertiary/aromatic N) is 1. The van der Waals surface area contributed by atoms with E-state index >= 15 is 0 Å². The molecule has 0 aromatic rings. The Morgan fingerprint density at radius 3 is 1.89 bits per heavy atom. The molecule has 0 aliphatic rings. The van der Waals surface area contributed by atoms with Gasteiger partial charge in [0.1, 0.15) is 0 Å². The molecule has 0 amide bonds. The molecule has 0 saturated carbocycles. The normalized spacial score (nSPS) is 9.00. The molecular weight excluding hydrogens is 111 g/mol. The fourth-order valence-corrected chi connectivity index (χ4v) is 0.795. The second kappa shape index (κ2) is 3.54. The summed E-state index contributed by atoms with van der Waals surface area (Å²) in [5.74, 6) is 0. The van der Waals surface area contributed by atoms with Crippen LogP contribution in [0.25, 0.3) is 0 Å². The van der Waals surface area contributed by atoms with E-state index in [4.69, 9.17) is 5.31 Å². The van der Waals surface area contributed by atoms with Gasteiger partial charge in [-0.3, -0.25) is 0 Å². The zero-order valence-corrected chi connectivity index (χ0v) is 6.60. The summed E-state index contributed by atoms with van der Waals surface area (Å²) in [6.45, 7) is 8.14. The summed E-state index contributed by atoms with van der Waals surface area (Å²) in [6, 6.07) is 0.410. The van der Waals surface area contributed by atoms with E-state index in [9.17, 15) is 0 Å². The molecule has 0 atom stereocenters. The molecular formula is C6H14BN2+. The quantitative estimate of drug-likeness (QED) is 0.425. The minimum absolute atomic E-state index is 0.410. The number of rotatable bonds is 2. The third-order valence-electron chi connectivity index (χ3n) is 1.21. The first-order chi connectivity index (χ1) is 4.09. The van der Waals surface area contributed by atoms with Crippen LogP contribution in [0.4, 0.5) is 0 Å². The van der Waals surface area contributed by atoms with Gasteiger partial charge in [-0.05, 0) is 0 Å². The molecule has 0 aromatic carbocycles. The first kappa shape index (κ1) is 8.53. The van der Waals surface area contributed by atoms with Crippen LogP contribution in [0.1, 0.15) is 27.7 Å². The second-order valence-electron chi connectivity index (χ2n) is 2.58. The van der Waals surface area contributed by atoms with Crippen molar-refractivity contribution in [3.05, 3.63) is 0 Å². The van der Waals surface area contributed by atoms with Crippen LogP contribution < -0.4 is 0 Å². The van der Waals surface area contributed by atoms with Crippen LogP contribution in [0.2, 0.25) is 0 Å². The molecule has 0 unspecified atom stereocenters. The maximum atomic E-state index is 7.00. The van der Waals surface area contributed by atoms with Crippen molar-refractivity contribution in [2.75, 3.05) is 0 Å². The van der Waals surface area contributed by atoms with E-state index in [-0.39, 0.29) is 0 Å². The summed E-state index contributed by atoms with van der Waals surface area (Å²) in [5.41, 5.74) is 1.17. The van der Waals surface area contributed by atoms with Crippen molar-refractivity contribution >= 4 is 12.9 Å². The predicted octanol–water partition coefficient (Wildman–Crippen LogP) is 1.27. The monoisotopic (exact) mass is 125 g/mol. The molecule has 0 spiro atoms. The standard InChI is InChI=1S/C6H14BN2/c1-5(2)9(7-8)6(3)4/h5,8H,1-4H3/q+1. The number of nitrogens with one attached hydrogen (secondary N) is 1. The zero-order valence-electron chi connectivity index (χ0n) is 6.60. The molecule has 0 fully saturated rings. The van der Waals surface area contributed by atoms with Gasteiger partial charge in [0.25, 0.3) is 0 Å². The summed E-state index contributed by atoms with van der Waals surface area (Å²) in [4.78, 5) is 0. The van der Waals surface area contributed by atoms with Gasteiger partial charge < -0.3 is 0 Å². The molecule has 9 heavy (non-hydrogen) atoms. The summed E-state index contributed by atoms with van der Waals surface area (Å²) < 4.78 is 1.92. The first-order valence-electron chi connectivity index (χ1n) is 3.18. The fraction of sp³-hybridized carbons (Fsp3) is 0.833. The van der Waals surface area contributed by atoms with Crippen LogP contribution in [0.3, 0.4) is 0 Å². The summed E-state index contributed by atoms with van der Waals surface area (Å²) in [6.07, 6.45) is 0. The number of hydrogen-bond donors (Lipinski definition) is 1. The van der Waals surface area contributed by atoms with E-state index in [1.807, 2.05) is 18.3 Å². The van der Waals surface area contributed by atoms with Crippen molar-refractivity contribution < 1.29 is 4.49 Å². The Labute approximate surface area is 57.4 Å². The van der Waals surface area contributed by atoms with Gasteiger partial charge in [0.15, 0.2) is 0 Å². The van der Waals surface area contributed by atoms with Crippen LogP contribution in [0.15, 0.2) is 0 Å². The minimum atomic E-state index is 0.410. The molecule has 0 radical (unpaired) electrons. The molecule has 0 rings (SSSR count). The molecule has 0 aliphatic heterocycles. The maximum absolute atomic E-state index is 7.00. The topological polar surface area (TPSA) is 26.9 Å². The van der Waals surface area contributed by atoms with E-state index in [2.05, 4.69) is 13.8 Å². The Morgan fingerprint density at radius 1 is 1.44 bits per heavy atom. The Morgan fingerprint density at radius 2 is 1.89 bits per heavy atom. The van der Waals surface area contributed by atoms with Crippen LogP contribution in [-0.2, 0) is 0 Å². The molecule has 1 N–H and O–H groups in total. The Balaban J connectivity index is 4.34. The van der Waals surface area contributed by atoms with Gasteiger partial charge in [0.05, 0.1) is 0 Å². The van der Waals surface area contributed by atoms with Gasteiger partial charge in [-0.15, -0.1) is 0 Å². The van der Waals surface area contributed by atoms with Gasteiger partial charge in [-0.25, -0.2) is 0 Å². The van der Waals surface area contributed by atoms with Crippen LogP contribution in [0, 0.1) is 5.31 Å². The van der Waals surface area contributed by atoms with E-state index < -0.39 is 0 Å². The molecule has 0 heterocycles. The predicted molar refractivity (Wildman–Crippen MR) is 40.2 cm³/mol. The third kappa shape index (κ3) is 2.54. The Bertz CT molecular complexity index is 134. The SMILES string of the molecule is CC(C)=[N+](B=N)C(C)C. The Kier molecular flexibility index (Phi) is 3.36. The van der Waals surface area contributed by atoms with E-state index in [0.717, 1.165) is 0 Å². The average molecular weight is 125 g/mol. The Hall–Kier alpha value is -0.465. The van der Waals surface area contributed by atoms with Crippen molar-refractivity contribution in [2.45, 2.75) is 33.7 Å². The van der Waals surface area contributed by atoms with Gasteiger partial charge in [0, 0.05) is 0 Å². The van der Waals surface area contributed by atoms with Crippen molar-refractivity contribution in [1.29, 1.82) is 5.31 Å². The molecule has 0 aromatic heterocycles. The molecule has 0 saturated heterocycles. The average Bonchev–Trinajstić information content (AvgIpc) is 1.64. The van der Waals surface area contributed by atoms with E-state index in [0.29, 0.717) is 6.04 Å². The molecule has 0 aliphatic carbocycles.